The Kier molecular flexibility index (Phi) is 7.84. The zero-order valence-electron chi connectivity index (χ0n) is 15.7. The standard InChI is InChI=1S/C20H20N2O7/c1-14(23)18(11-15-5-3-2-4-6-15)21-19(24)12-29-20(25)13-28-17-9-7-16(8-10-17)22(26)27/h2-10,18H,11-13H2,1H3,(H,21,24)/t18-/m1/s1. The highest BCUT2D eigenvalue weighted by Gasteiger charge is 2.18. The van der Waals surface area contributed by atoms with Crippen molar-refractivity contribution >= 4 is 23.3 Å². The smallest absolute Gasteiger partial charge is 0.344 e. The fraction of sp³-hybridized carbons (Fsp3) is 0.250. The third kappa shape index (κ3) is 7.41. The van der Waals surface area contributed by atoms with E-state index in [1.165, 1.54) is 31.2 Å². The predicted molar refractivity (Wildman–Crippen MR) is 102 cm³/mol. The van der Waals surface area contributed by atoms with E-state index in [2.05, 4.69) is 5.32 Å². The van der Waals surface area contributed by atoms with E-state index in [4.69, 9.17) is 9.47 Å². The highest BCUT2D eigenvalue weighted by Crippen LogP contribution is 2.17. The van der Waals surface area contributed by atoms with Gasteiger partial charge in [0.1, 0.15) is 5.75 Å². The first-order valence-corrected chi connectivity index (χ1v) is 8.72. The molecule has 2 aromatic rings. The predicted octanol–water partition coefficient (Wildman–Crippen LogP) is 1.83. The second-order valence-electron chi connectivity index (χ2n) is 6.12. The molecule has 0 unspecified atom stereocenters. The van der Waals surface area contributed by atoms with Crippen LogP contribution in [0.25, 0.3) is 0 Å². The van der Waals surface area contributed by atoms with Crippen molar-refractivity contribution < 1.29 is 28.8 Å². The molecule has 0 heterocycles. The van der Waals surface area contributed by atoms with Gasteiger partial charge in [-0.2, -0.15) is 0 Å². The number of esters is 1. The molecule has 0 fully saturated rings. The molecule has 2 aromatic carbocycles. The Balaban J connectivity index is 1.75. The Morgan fingerprint density at radius 2 is 1.69 bits per heavy atom. The molecule has 1 amide bonds. The molecular weight excluding hydrogens is 380 g/mol. The van der Waals surface area contributed by atoms with Crippen LogP contribution in [0.2, 0.25) is 0 Å². The second kappa shape index (κ2) is 10.5. The summed E-state index contributed by atoms with van der Waals surface area (Å²) >= 11 is 0. The van der Waals surface area contributed by atoms with Crippen molar-refractivity contribution in [1.82, 2.24) is 5.32 Å². The quantitative estimate of drug-likeness (QED) is 0.366. The van der Waals surface area contributed by atoms with Gasteiger partial charge in [-0.25, -0.2) is 4.79 Å². The Hall–Kier alpha value is -3.75. The molecule has 9 nitrogen and oxygen atoms in total. The zero-order chi connectivity index (χ0) is 21.2. The number of benzene rings is 2. The zero-order valence-corrected chi connectivity index (χ0v) is 15.7. The largest absolute Gasteiger partial charge is 0.482 e. The molecule has 1 atom stereocenters. The van der Waals surface area contributed by atoms with Gasteiger partial charge in [0, 0.05) is 12.1 Å². The van der Waals surface area contributed by atoms with Crippen LogP contribution in [-0.2, 0) is 25.5 Å². The molecule has 0 aliphatic rings. The Labute approximate surface area is 166 Å². The number of ketones is 1. The number of nitrogens with one attached hydrogen (secondary N) is 1. The lowest BCUT2D eigenvalue weighted by Gasteiger charge is -2.16. The molecule has 0 aliphatic heterocycles. The van der Waals surface area contributed by atoms with Gasteiger partial charge >= 0.3 is 5.97 Å². The number of Topliss-reactive ketones (excluding diaryl/α,β-unsaturated/α-hetero) is 1. The number of nitro groups is 1. The van der Waals surface area contributed by atoms with Crippen molar-refractivity contribution in [2.45, 2.75) is 19.4 Å². The summed E-state index contributed by atoms with van der Waals surface area (Å²) in [7, 11) is 0. The van der Waals surface area contributed by atoms with Gasteiger partial charge in [-0.1, -0.05) is 30.3 Å². The molecule has 0 radical (unpaired) electrons. The van der Waals surface area contributed by atoms with Crippen LogP contribution in [0, 0.1) is 10.1 Å². The number of carbonyl (C=O) groups excluding carboxylic acids is 3. The van der Waals surface area contributed by atoms with Crippen molar-refractivity contribution in [3.8, 4) is 5.75 Å². The Bertz CT molecular complexity index is 866. The summed E-state index contributed by atoms with van der Waals surface area (Å²) in [5.41, 5.74) is 0.786. The van der Waals surface area contributed by atoms with E-state index >= 15 is 0 Å². The molecule has 2 rings (SSSR count). The minimum absolute atomic E-state index is 0.105. The van der Waals surface area contributed by atoms with Crippen LogP contribution < -0.4 is 10.1 Å². The van der Waals surface area contributed by atoms with Crippen molar-refractivity contribution in [1.29, 1.82) is 0 Å². The second-order valence-corrected chi connectivity index (χ2v) is 6.12. The minimum Gasteiger partial charge on any atom is -0.482 e. The van der Waals surface area contributed by atoms with Crippen LogP contribution in [0.1, 0.15) is 12.5 Å². The lowest BCUT2D eigenvalue weighted by molar-refractivity contribution is -0.384. The molecule has 9 heteroatoms. The van der Waals surface area contributed by atoms with Gasteiger partial charge in [-0.15, -0.1) is 0 Å². The normalized spacial score (nSPS) is 11.2. The number of hydrogen-bond donors (Lipinski definition) is 1. The average molecular weight is 400 g/mol. The minimum atomic E-state index is -0.791. The van der Waals surface area contributed by atoms with Crippen molar-refractivity contribution in [3.63, 3.8) is 0 Å². The van der Waals surface area contributed by atoms with E-state index < -0.39 is 36.1 Å². The van der Waals surface area contributed by atoms with Crippen LogP contribution in [0.5, 0.6) is 5.75 Å². The summed E-state index contributed by atoms with van der Waals surface area (Å²) in [6.07, 6.45) is 0.332. The molecule has 1 N–H and O–H groups in total. The summed E-state index contributed by atoms with van der Waals surface area (Å²) in [6.45, 7) is 0.351. The van der Waals surface area contributed by atoms with E-state index in [1.807, 2.05) is 30.3 Å². The molecule has 0 aromatic heterocycles. The molecular formula is C20H20N2O7. The number of carbonyl (C=O) groups is 3. The molecule has 0 saturated heterocycles. The number of nitrogens with zero attached hydrogens (tertiary/aromatic N) is 1. The number of amides is 1. The number of ether oxygens (including phenoxy) is 2. The van der Waals surface area contributed by atoms with Crippen LogP contribution in [0.15, 0.2) is 54.6 Å². The van der Waals surface area contributed by atoms with Gasteiger partial charge in [0.15, 0.2) is 19.0 Å². The monoisotopic (exact) mass is 400 g/mol. The highest BCUT2D eigenvalue weighted by molar-refractivity contribution is 5.88. The number of rotatable bonds is 10. The number of nitro benzene ring substituents is 1. The van der Waals surface area contributed by atoms with Crippen LogP contribution in [-0.4, -0.2) is 41.8 Å². The summed E-state index contributed by atoms with van der Waals surface area (Å²) in [5.74, 6) is -1.36. The molecule has 0 spiro atoms. The summed E-state index contributed by atoms with van der Waals surface area (Å²) in [6, 6.07) is 13.7. The first-order valence-electron chi connectivity index (χ1n) is 8.72. The molecule has 29 heavy (non-hydrogen) atoms. The van der Waals surface area contributed by atoms with Crippen molar-refractivity contribution in [3.05, 3.63) is 70.3 Å². The van der Waals surface area contributed by atoms with E-state index in [0.29, 0.717) is 6.42 Å². The SMILES string of the molecule is CC(=O)[C@@H](Cc1ccccc1)NC(=O)COC(=O)COc1ccc([N+](=O)[O-])cc1. The maximum absolute atomic E-state index is 12.0. The Morgan fingerprint density at radius 3 is 2.28 bits per heavy atom. The maximum atomic E-state index is 12.0. The average Bonchev–Trinajstić information content (AvgIpc) is 2.71. The molecule has 152 valence electrons. The summed E-state index contributed by atoms with van der Waals surface area (Å²) < 4.78 is 9.97. The van der Waals surface area contributed by atoms with E-state index in [1.54, 1.807) is 0 Å². The van der Waals surface area contributed by atoms with E-state index in [9.17, 15) is 24.5 Å². The highest BCUT2D eigenvalue weighted by atomic mass is 16.6. The van der Waals surface area contributed by atoms with Gasteiger partial charge in [-0.05, 0) is 31.0 Å². The fourth-order valence-corrected chi connectivity index (χ4v) is 2.38. The first kappa shape index (κ1) is 21.5. The third-order valence-corrected chi connectivity index (χ3v) is 3.88. The summed E-state index contributed by atoms with van der Waals surface area (Å²) in [4.78, 5) is 45.5. The van der Waals surface area contributed by atoms with Gasteiger partial charge in [0.2, 0.25) is 0 Å². The molecule has 0 aliphatic carbocycles. The van der Waals surface area contributed by atoms with Crippen LogP contribution in [0.4, 0.5) is 5.69 Å². The van der Waals surface area contributed by atoms with Gasteiger partial charge in [-0.3, -0.25) is 19.7 Å². The maximum Gasteiger partial charge on any atom is 0.344 e. The van der Waals surface area contributed by atoms with Gasteiger partial charge in [0.05, 0.1) is 11.0 Å². The summed E-state index contributed by atoms with van der Waals surface area (Å²) in [5, 5.41) is 13.1. The van der Waals surface area contributed by atoms with Crippen LogP contribution in [0.3, 0.4) is 0 Å². The molecule has 0 saturated carbocycles. The van der Waals surface area contributed by atoms with E-state index in [-0.39, 0.29) is 17.2 Å². The number of non-ortho nitro benzene ring substituents is 1. The first-order chi connectivity index (χ1) is 13.8. The van der Waals surface area contributed by atoms with E-state index in [0.717, 1.165) is 5.56 Å². The van der Waals surface area contributed by atoms with Crippen molar-refractivity contribution in [2.24, 2.45) is 0 Å². The number of hydrogen-bond acceptors (Lipinski definition) is 7. The molecule has 0 bridgehead atoms. The lowest BCUT2D eigenvalue weighted by Crippen LogP contribution is -2.43. The topological polar surface area (TPSA) is 125 Å². The van der Waals surface area contributed by atoms with Gasteiger partial charge in [0.25, 0.3) is 11.6 Å². The van der Waals surface area contributed by atoms with Crippen molar-refractivity contribution in [2.75, 3.05) is 13.2 Å². The van der Waals surface area contributed by atoms with Crippen LogP contribution >= 0.6 is 0 Å². The fourth-order valence-electron chi connectivity index (χ4n) is 2.38. The lowest BCUT2D eigenvalue weighted by atomic mass is 10.0. The Morgan fingerprint density at radius 1 is 1.03 bits per heavy atom. The van der Waals surface area contributed by atoms with Gasteiger partial charge < -0.3 is 14.8 Å². The third-order valence-electron chi connectivity index (χ3n) is 3.88.